The molecule has 1 saturated heterocycles. The third-order valence-electron chi connectivity index (χ3n) is 3.64. The Balaban J connectivity index is 1.71. The molecule has 0 aromatic carbocycles. The summed E-state index contributed by atoms with van der Waals surface area (Å²) in [7, 11) is 0. The van der Waals surface area contributed by atoms with Crippen LogP contribution < -0.4 is 11.3 Å². The number of hydrogen-bond donors (Lipinski definition) is 2. The quantitative estimate of drug-likeness (QED) is 0.608. The zero-order valence-electron chi connectivity index (χ0n) is 9.63. The van der Waals surface area contributed by atoms with Gasteiger partial charge in [-0.1, -0.05) is 4.49 Å². The lowest BCUT2D eigenvalue weighted by Gasteiger charge is -2.37. The maximum Gasteiger partial charge on any atom is 0.148 e. The van der Waals surface area contributed by atoms with Gasteiger partial charge < -0.3 is 10.2 Å². The number of anilines is 1. The number of nitrogens with two attached hydrogens (primary N) is 1. The van der Waals surface area contributed by atoms with Gasteiger partial charge in [0.2, 0.25) is 0 Å². The second-order valence-corrected chi connectivity index (χ2v) is 5.33. The van der Waals surface area contributed by atoms with Crippen LogP contribution in [0.1, 0.15) is 25.0 Å². The second-order valence-electron chi connectivity index (χ2n) is 4.57. The average molecular weight is 255 g/mol. The lowest BCUT2D eigenvalue weighted by molar-refractivity contribution is -0.0591. The van der Waals surface area contributed by atoms with Gasteiger partial charge in [-0.05, 0) is 19.3 Å². The van der Waals surface area contributed by atoms with Crippen LogP contribution in [0.3, 0.4) is 0 Å². The Kier molecular flexibility index (Phi) is 3.24. The molecule has 94 valence electrons. The number of ether oxygens (including phenoxy) is 1. The molecule has 2 fully saturated rings. The fourth-order valence-corrected chi connectivity index (χ4v) is 3.30. The van der Waals surface area contributed by atoms with Crippen molar-refractivity contribution >= 4 is 16.5 Å². The van der Waals surface area contributed by atoms with Crippen molar-refractivity contribution in [1.82, 2.24) is 14.5 Å². The summed E-state index contributed by atoms with van der Waals surface area (Å²) in [5.41, 5.74) is 3.61. The predicted octanol–water partition coefficient (Wildman–Crippen LogP) is 0.577. The molecule has 2 unspecified atom stereocenters. The topological polar surface area (TPSA) is 76.3 Å². The molecule has 0 spiro atoms. The number of aromatic nitrogens is 2. The minimum atomic E-state index is 0.421. The molecule has 7 heteroatoms. The third kappa shape index (κ3) is 2.15. The number of hydrogen-bond acceptors (Lipinski definition) is 7. The first-order valence-electron chi connectivity index (χ1n) is 6.02. The van der Waals surface area contributed by atoms with Crippen LogP contribution in [-0.4, -0.2) is 39.8 Å². The SMILES string of the molecule is NNc1snnc1CN1CCOC2CCCC21. The fourth-order valence-electron chi connectivity index (χ4n) is 2.82. The van der Waals surface area contributed by atoms with Gasteiger partial charge in [0.1, 0.15) is 10.7 Å². The van der Waals surface area contributed by atoms with Crippen LogP contribution in [0.15, 0.2) is 0 Å². The van der Waals surface area contributed by atoms with E-state index in [0.29, 0.717) is 12.1 Å². The van der Waals surface area contributed by atoms with Crippen LogP contribution in [0, 0.1) is 0 Å². The highest BCUT2D eigenvalue weighted by atomic mass is 32.1. The van der Waals surface area contributed by atoms with E-state index in [9.17, 15) is 0 Å². The molecular formula is C10H17N5OS. The van der Waals surface area contributed by atoms with E-state index in [2.05, 4.69) is 19.9 Å². The molecule has 17 heavy (non-hydrogen) atoms. The molecule has 0 amide bonds. The molecule has 2 heterocycles. The minimum absolute atomic E-state index is 0.421. The molecule has 1 aliphatic carbocycles. The molecule has 2 atom stereocenters. The predicted molar refractivity (Wildman–Crippen MR) is 65.5 cm³/mol. The van der Waals surface area contributed by atoms with Crippen LogP contribution >= 0.6 is 11.5 Å². The first-order chi connectivity index (χ1) is 8.38. The number of nitrogen functional groups attached to an aromatic ring is 1. The molecule has 0 bridgehead atoms. The number of hydrazine groups is 1. The summed E-state index contributed by atoms with van der Waals surface area (Å²) in [5, 5.41) is 5.01. The van der Waals surface area contributed by atoms with Crippen molar-refractivity contribution < 1.29 is 4.74 Å². The van der Waals surface area contributed by atoms with Gasteiger partial charge in [-0.2, -0.15) is 0 Å². The normalized spacial score (nSPS) is 29.2. The zero-order valence-corrected chi connectivity index (χ0v) is 10.4. The van der Waals surface area contributed by atoms with Gasteiger partial charge in [-0.3, -0.25) is 4.90 Å². The fraction of sp³-hybridized carbons (Fsp3) is 0.800. The molecule has 1 saturated carbocycles. The van der Waals surface area contributed by atoms with E-state index in [1.54, 1.807) is 0 Å². The molecule has 1 aliphatic heterocycles. The molecule has 2 aliphatic rings. The zero-order chi connectivity index (χ0) is 11.7. The lowest BCUT2D eigenvalue weighted by Crippen LogP contribution is -2.48. The van der Waals surface area contributed by atoms with Gasteiger partial charge in [-0.25, -0.2) is 5.84 Å². The summed E-state index contributed by atoms with van der Waals surface area (Å²) in [4.78, 5) is 2.46. The maximum atomic E-state index is 5.79. The van der Waals surface area contributed by atoms with Gasteiger partial charge in [0, 0.05) is 30.7 Å². The Bertz CT molecular complexity index is 385. The summed E-state index contributed by atoms with van der Waals surface area (Å²) in [6.07, 6.45) is 4.11. The van der Waals surface area contributed by atoms with Crippen molar-refractivity contribution in [2.45, 2.75) is 38.0 Å². The van der Waals surface area contributed by atoms with Gasteiger partial charge in [0.25, 0.3) is 0 Å². The number of nitrogens with zero attached hydrogens (tertiary/aromatic N) is 3. The summed E-state index contributed by atoms with van der Waals surface area (Å²) in [5.74, 6) is 5.44. The largest absolute Gasteiger partial charge is 0.375 e. The van der Waals surface area contributed by atoms with Crippen LogP contribution in [-0.2, 0) is 11.3 Å². The van der Waals surface area contributed by atoms with E-state index in [1.807, 2.05) is 0 Å². The van der Waals surface area contributed by atoms with Crippen molar-refractivity contribution in [1.29, 1.82) is 0 Å². The van der Waals surface area contributed by atoms with Gasteiger partial charge in [0.15, 0.2) is 0 Å². The Labute approximate surface area is 104 Å². The van der Waals surface area contributed by atoms with Crippen LogP contribution in [0.4, 0.5) is 5.00 Å². The highest BCUT2D eigenvalue weighted by Crippen LogP contribution is 2.31. The number of fused-ring (bicyclic) bond motifs is 1. The molecule has 0 radical (unpaired) electrons. The van der Waals surface area contributed by atoms with Crippen molar-refractivity contribution in [2.75, 3.05) is 18.6 Å². The molecular weight excluding hydrogens is 238 g/mol. The third-order valence-corrected chi connectivity index (χ3v) is 4.34. The first kappa shape index (κ1) is 11.3. The number of rotatable bonds is 3. The minimum Gasteiger partial charge on any atom is -0.375 e. The summed E-state index contributed by atoms with van der Waals surface area (Å²) < 4.78 is 9.73. The lowest BCUT2D eigenvalue weighted by atomic mass is 10.1. The Morgan fingerprint density at radius 1 is 1.53 bits per heavy atom. The van der Waals surface area contributed by atoms with Gasteiger partial charge in [0.05, 0.1) is 12.7 Å². The van der Waals surface area contributed by atoms with E-state index >= 15 is 0 Å². The van der Waals surface area contributed by atoms with Gasteiger partial charge in [-0.15, -0.1) is 5.10 Å². The second kappa shape index (κ2) is 4.85. The summed E-state index contributed by atoms with van der Waals surface area (Å²) in [6, 6.07) is 0.552. The Morgan fingerprint density at radius 3 is 3.35 bits per heavy atom. The van der Waals surface area contributed by atoms with E-state index in [1.165, 1.54) is 30.8 Å². The Hall–Kier alpha value is -0.760. The van der Waals surface area contributed by atoms with E-state index in [0.717, 1.165) is 30.4 Å². The summed E-state index contributed by atoms with van der Waals surface area (Å²) >= 11 is 1.31. The van der Waals surface area contributed by atoms with E-state index in [4.69, 9.17) is 10.6 Å². The summed E-state index contributed by atoms with van der Waals surface area (Å²) in [6.45, 7) is 2.62. The maximum absolute atomic E-state index is 5.79. The smallest absolute Gasteiger partial charge is 0.148 e. The van der Waals surface area contributed by atoms with E-state index < -0.39 is 0 Å². The van der Waals surface area contributed by atoms with Gasteiger partial charge >= 0.3 is 0 Å². The number of morpholine rings is 1. The molecule has 6 nitrogen and oxygen atoms in total. The van der Waals surface area contributed by atoms with Crippen LogP contribution in [0.5, 0.6) is 0 Å². The monoisotopic (exact) mass is 255 g/mol. The molecule has 3 N–H and O–H groups in total. The van der Waals surface area contributed by atoms with E-state index in [-0.39, 0.29) is 0 Å². The number of nitrogens with one attached hydrogen (secondary N) is 1. The van der Waals surface area contributed by atoms with Crippen LogP contribution in [0.2, 0.25) is 0 Å². The average Bonchev–Trinajstić information content (AvgIpc) is 2.97. The first-order valence-corrected chi connectivity index (χ1v) is 6.79. The Morgan fingerprint density at radius 2 is 2.47 bits per heavy atom. The van der Waals surface area contributed by atoms with Crippen LogP contribution in [0.25, 0.3) is 0 Å². The van der Waals surface area contributed by atoms with Crippen molar-refractivity contribution in [3.8, 4) is 0 Å². The highest BCUT2D eigenvalue weighted by Gasteiger charge is 2.36. The molecule has 1 aromatic heterocycles. The van der Waals surface area contributed by atoms with Crippen molar-refractivity contribution in [3.05, 3.63) is 5.69 Å². The standard InChI is InChI=1S/C10H17N5OS/c11-12-10-7(13-14-17-10)6-15-4-5-16-9-3-1-2-8(9)15/h8-9,12H,1-6,11H2. The molecule has 1 aromatic rings. The highest BCUT2D eigenvalue weighted by molar-refractivity contribution is 7.10. The van der Waals surface area contributed by atoms with Crippen molar-refractivity contribution in [2.24, 2.45) is 5.84 Å². The van der Waals surface area contributed by atoms with Crippen molar-refractivity contribution in [3.63, 3.8) is 0 Å². The molecule has 3 rings (SSSR count).